The highest BCUT2D eigenvalue weighted by molar-refractivity contribution is 5.81. The van der Waals surface area contributed by atoms with E-state index in [1.807, 2.05) is 20.8 Å². The zero-order valence-electron chi connectivity index (χ0n) is 12.4. The molecule has 1 rings (SSSR count). The summed E-state index contributed by atoms with van der Waals surface area (Å²) in [7, 11) is 1.40. The second kappa shape index (κ2) is 6.75. The lowest BCUT2D eigenvalue weighted by molar-refractivity contribution is -0.128. The molecule has 1 fully saturated rings. The summed E-state index contributed by atoms with van der Waals surface area (Å²) in [6.07, 6.45) is -0.263. The van der Waals surface area contributed by atoms with Gasteiger partial charge >= 0.3 is 6.09 Å². The molecule has 0 saturated carbocycles. The highest BCUT2D eigenvalue weighted by Gasteiger charge is 2.23. The fourth-order valence-electron chi connectivity index (χ4n) is 1.88. The first-order chi connectivity index (χ1) is 8.84. The van der Waals surface area contributed by atoms with Crippen LogP contribution in [0.4, 0.5) is 4.79 Å². The molecule has 0 aromatic heterocycles. The SMILES string of the molecule is COC(=O)N1CCN(CCNC(=O)C(C)(C)C)CC1. The van der Waals surface area contributed by atoms with Crippen molar-refractivity contribution in [1.82, 2.24) is 15.1 Å². The van der Waals surface area contributed by atoms with Crippen molar-refractivity contribution in [1.29, 1.82) is 0 Å². The first-order valence-electron chi connectivity index (χ1n) is 6.68. The van der Waals surface area contributed by atoms with Crippen LogP contribution < -0.4 is 5.32 Å². The van der Waals surface area contributed by atoms with Crippen LogP contribution in [0, 0.1) is 5.41 Å². The maximum absolute atomic E-state index is 11.7. The Kier molecular flexibility index (Phi) is 5.60. The van der Waals surface area contributed by atoms with E-state index in [4.69, 9.17) is 0 Å². The van der Waals surface area contributed by atoms with E-state index in [0.717, 1.165) is 19.6 Å². The molecule has 19 heavy (non-hydrogen) atoms. The summed E-state index contributed by atoms with van der Waals surface area (Å²) in [5.41, 5.74) is -0.344. The fraction of sp³-hybridized carbons (Fsp3) is 0.846. The molecule has 0 unspecified atom stereocenters. The molecule has 0 aromatic rings. The number of nitrogens with one attached hydrogen (secondary N) is 1. The third kappa shape index (κ3) is 5.06. The molecule has 6 heteroatoms. The Balaban J connectivity index is 2.20. The summed E-state index contributed by atoms with van der Waals surface area (Å²) in [4.78, 5) is 26.9. The molecule has 1 N–H and O–H groups in total. The van der Waals surface area contributed by atoms with E-state index in [9.17, 15) is 9.59 Å². The first-order valence-corrected chi connectivity index (χ1v) is 6.68. The van der Waals surface area contributed by atoms with Crippen molar-refractivity contribution in [2.75, 3.05) is 46.4 Å². The number of carbonyl (C=O) groups excluding carboxylic acids is 2. The second-order valence-electron chi connectivity index (χ2n) is 5.80. The number of methoxy groups -OCH3 is 1. The summed E-state index contributed by atoms with van der Waals surface area (Å²) < 4.78 is 4.69. The van der Waals surface area contributed by atoms with Gasteiger partial charge in [0.05, 0.1) is 7.11 Å². The lowest BCUT2D eigenvalue weighted by Gasteiger charge is -2.33. The van der Waals surface area contributed by atoms with Crippen molar-refractivity contribution in [2.24, 2.45) is 5.41 Å². The Hall–Kier alpha value is -1.30. The van der Waals surface area contributed by atoms with E-state index in [-0.39, 0.29) is 17.4 Å². The van der Waals surface area contributed by atoms with Crippen LogP contribution in [0.25, 0.3) is 0 Å². The summed E-state index contributed by atoms with van der Waals surface area (Å²) in [5, 5.41) is 2.93. The van der Waals surface area contributed by atoms with Gasteiger partial charge in [-0.25, -0.2) is 4.79 Å². The van der Waals surface area contributed by atoms with Crippen molar-refractivity contribution >= 4 is 12.0 Å². The minimum absolute atomic E-state index is 0.0701. The number of piperazine rings is 1. The molecule has 6 nitrogen and oxygen atoms in total. The molecule has 2 amide bonds. The molecule has 0 radical (unpaired) electrons. The van der Waals surface area contributed by atoms with Gasteiger partial charge in [-0.05, 0) is 0 Å². The molecule has 1 heterocycles. The number of ether oxygens (including phenoxy) is 1. The number of amides is 2. The molecule has 0 spiro atoms. The van der Waals surface area contributed by atoms with Crippen LogP contribution in [0.5, 0.6) is 0 Å². The zero-order valence-corrected chi connectivity index (χ0v) is 12.4. The highest BCUT2D eigenvalue weighted by atomic mass is 16.5. The maximum Gasteiger partial charge on any atom is 0.409 e. The molecule has 0 atom stereocenters. The second-order valence-corrected chi connectivity index (χ2v) is 5.80. The Morgan fingerprint density at radius 2 is 1.74 bits per heavy atom. The van der Waals surface area contributed by atoms with Crippen molar-refractivity contribution in [3.63, 3.8) is 0 Å². The van der Waals surface area contributed by atoms with Crippen LogP contribution in [0.2, 0.25) is 0 Å². The van der Waals surface area contributed by atoms with E-state index in [1.54, 1.807) is 4.90 Å². The van der Waals surface area contributed by atoms with Crippen molar-refractivity contribution in [3.8, 4) is 0 Å². The van der Waals surface area contributed by atoms with Crippen molar-refractivity contribution in [3.05, 3.63) is 0 Å². The molecule has 1 aliphatic heterocycles. The monoisotopic (exact) mass is 271 g/mol. The molecular formula is C13H25N3O3. The normalized spacial score (nSPS) is 17.2. The predicted octanol–water partition coefficient (Wildman–Crippen LogP) is 0.533. The molecule has 110 valence electrons. The Morgan fingerprint density at radius 1 is 1.16 bits per heavy atom. The van der Waals surface area contributed by atoms with Gasteiger partial charge in [0.2, 0.25) is 5.91 Å². The molecule has 1 saturated heterocycles. The van der Waals surface area contributed by atoms with E-state index < -0.39 is 0 Å². The Morgan fingerprint density at radius 3 is 2.21 bits per heavy atom. The summed E-state index contributed by atoms with van der Waals surface area (Å²) in [6, 6.07) is 0. The quantitative estimate of drug-likeness (QED) is 0.813. The lowest BCUT2D eigenvalue weighted by Crippen LogP contribution is -2.50. The van der Waals surface area contributed by atoms with Gasteiger partial charge < -0.3 is 15.0 Å². The molecule has 0 bridgehead atoms. The number of hydrogen-bond donors (Lipinski definition) is 1. The lowest BCUT2D eigenvalue weighted by atomic mass is 9.96. The highest BCUT2D eigenvalue weighted by Crippen LogP contribution is 2.12. The van der Waals surface area contributed by atoms with Crippen LogP contribution in [0.1, 0.15) is 20.8 Å². The van der Waals surface area contributed by atoms with Gasteiger partial charge in [0.25, 0.3) is 0 Å². The predicted molar refractivity (Wildman–Crippen MR) is 72.9 cm³/mol. The average molecular weight is 271 g/mol. The zero-order chi connectivity index (χ0) is 14.5. The van der Waals surface area contributed by atoms with Crippen LogP contribution in [0.3, 0.4) is 0 Å². The van der Waals surface area contributed by atoms with Gasteiger partial charge in [0.15, 0.2) is 0 Å². The molecular weight excluding hydrogens is 246 g/mol. The van der Waals surface area contributed by atoms with E-state index in [2.05, 4.69) is 15.0 Å². The van der Waals surface area contributed by atoms with Gasteiger partial charge in [-0.2, -0.15) is 0 Å². The van der Waals surface area contributed by atoms with E-state index >= 15 is 0 Å². The van der Waals surface area contributed by atoms with Gasteiger partial charge in [-0.15, -0.1) is 0 Å². The number of hydrogen-bond acceptors (Lipinski definition) is 4. The summed E-state index contributed by atoms with van der Waals surface area (Å²) >= 11 is 0. The molecule has 0 aliphatic carbocycles. The third-order valence-corrected chi connectivity index (χ3v) is 3.20. The largest absolute Gasteiger partial charge is 0.453 e. The van der Waals surface area contributed by atoms with Gasteiger partial charge in [0, 0.05) is 44.7 Å². The molecule has 1 aliphatic rings. The van der Waals surface area contributed by atoms with Crippen molar-refractivity contribution in [2.45, 2.75) is 20.8 Å². The summed E-state index contributed by atoms with van der Waals surface area (Å²) in [5.74, 6) is 0.0701. The van der Waals surface area contributed by atoms with Crippen molar-refractivity contribution < 1.29 is 14.3 Å². The van der Waals surface area contributed by atoms with Crippen LogP contribution >= 0.6 is 0 Å². The summed E-state index contributed by atoms with van der Waals surface area (Å²) in [6.45, 7) is 10.2. The van der Waals surface area contributed by atoms with Gasteiger partial charge in [-0.1, -0.05) is 20.8 Å². The third-order valence-electron chi connectivity index (χ3n) is 3.20. The number of rotatable bonds is 3. The maximum atomic E-state index is 11.7. The van der Waals surface area contributed by atoms with Crippen LogP contribution in [-0.4, -0.2) is 68.2 Å². The standard InChI is InChI=1S/C13H25N3O3/c1-13(2,3)11(17)14-5-6-15-7-9-16(10-8-15)12(18)19-4/h5-10H2,1-4H3,(H,14,17). The smallest absolute Gasteiger partial charge is 0.409 e. The number of carbonyl (C=O) groups is 2. The van der Waals surface area contributed by atoms with E-state index in [1.165, 1.54) is 7.11 Å². The van der Waals surface area contributed by atoms with Crippen LogP contribution in [0.15, 0.2) is 0 Å². The fourth-order valence-corrected chi connectivity index (χ4v) is 1.88. The Labute approximate surface area is 115 Å². The van der Waals surface area contributed by atoms with E-state index in [0.29, 0.717) is 19.6 Å². The van der Waals surface area contributed by atoms with Gasteiger partial charge in [0.1, 0.15) is 0 Å². The average Bonchev–Trinajstić information content (AvgIpc) is 2.37. The minimum Gasteiger partial charge on any atom is -0.453 e. The van der Waals surface area contributed by atoms with Gasteiger partial charge in [-0.3, -0.25) is 9.69 Å². The first kappa shape index (κ1) is 15.8. The van der Waals surface area contributed by atoms with Crippen LogP contribution in [-0.2, 0) is 9.53 Å². The molecule has 0 aromatic carbocycles. The minimum atomic E-state index is -0.344. The topological polar surface area (TPSA) is 61.9 Å². The Bertz CT molecular complexity index is 318. The number of nitrogens with zero attached hydrogens (tertiary/aromatic N) is 2.